The molecule has 0 aliphatic carbocycles. The van der Waals surface area contributed by atoms with Crippen molar-refractivity contribution >= 4 is 5.97 Å². The minimum Gasteiger partial charge on any atom is -0.429 e. The van der Waals surface area contributed by atoms with E-state index in [0.717, 1.165) is 0 Å². The van der Waals surface area contributed by atoms with Gasteiger partial charge in [-0.3, -0.25) is 4.79 Å². The maximum atomic E-state index is 12.2. The first-order valence-electron chi connectivity index (χ1n) is 2.30. The Labute approximate surface area is 47.6 Å². The maximum absolute atomic E-state index is 12.2. The van der Waals surface area contributed by atoms with Crippen LogP contribution in [0.2, 0.25) is 0 Å². The summed E-state index contributed by atoms with van der Waals surface area (Å²) in [6, 6.07) is 0. The molecule has 0 amide bonds. The van der Waals surface area contributed by atoms with Crippen molar-refractivity contribution in [2.75, 3.05) is 0 Å². The van der Waals surface area contributed by atoms with E-state index in [4.69, 9.17) is 0 Å². The summed E-state index contributed by atoms with van der Waals surface area (Å²) in [7, 11) is 0. The number of hydrogen-bond donors (Lipinski definition) is 0. The Hall–Kier alpha value is -0.600. The van der Waals surface area contributed by atoms with Crippen LogP contribution in [0, 0.1) is 0 Å². The van der Waals surface area contributed by atoms with Crippen LogP contribution in [0.15, 0.2) is 0 Å². The van der Waals surface area contributed by atoms with Gasteiger partial charge in [-0.05, 0) is 0 Å². The van der Waals surface area contributed by atoms with Crippen LogP contribution in [-0.4, -0.2) is 11.8 Å². The number of carbonyl (C=O) groups is 1. The highest BCUT2D eigenvalue weighted by molar-refractivity contribution is 5.66. The summed E-state index contributed by atoms with van der Waals surface area (Å²) in [6.07, 6.45) is 0. The molecule has 0 heterocycles. The lowest BCUT2D eigenvalue weighted by molar-refractivity contribution is -0.170. The van der Waals surface area contributed by atoms with Gasteiger partial charge >= 0.3 is 5.97 Å². The van der Waals surface area contributed by atoms with E-state index >= 15 is 0 Å². The Bertz CT molecular complexity index is 93.1. The van der Waals surface area contributed by atoms with Crippen molar-refractivity contribution in [2.24, 2.45) is 0 Å². The zero-order valence-electron chi connectivity index (χ0n) is 5.19. The van der Waals surface area contributed by atoms with Crippen LogP contribution in [0.4, 0.5) is 4.39 Å². The van der Waals surface area contributed by atoms with Crippen LogP contribution >= 0.6 is 0 Å². The van der Waals surface area contributed by atoms with Gasteiger partial charge in [0.15, 0.2) is 0 Å². The molecular weight excluding hydrogens is 111 g/mol. The van der Waals surface area contributed by atoms with Crippen LogP contribution in [0.1, 0.15) is 20.8 Å². The highest BCUT2D eigenvalue weighted by atomic mass is 19.2. The molecule has 0 aromatic heterocycles. The van der Waals surface area contributed by atoms with E-state index in [1.54, 1.807) is 0 Å². The summed E-state index contributed by atoms with van der Waals surface area (Å²) in [5.41, 5.74) is 0. The Morgan fingerprint density at radius 1 is 1.62 bits per heavy atom. The molecule has 0 N–H and O–H groups in total. The van der Waals surface area contributed by atoms with Crippen LogP contribution in [-0.2, 0) is 9.53 Å². The molecule has 0 saturated carbocycles. The molecule has 0 fully saturated rings. The summed E-state index contributed by atoms with van der Waals surface area (Å²) in [6.45, 7) is 3.52. The van der Waals surface area contributed by atoms with E-state index in [0.29, 0.717) is 0 Å². The molecule has 3 heteroatoms. The van der Waals surface area contributed by atoms with Gasteiger partial charge in [-0.1, -0.05) is 0 Å². The van der Waals surface area contributed by atoms with Gasteiger partial charge in [-0.25, -0.2) is 0 Å². The van der Waals surface area contributed by atoms with E-state index in [-0.39, 0.29) is 0 Å². The lowest BCUT2D eigenvalue weighted by atomic mass is 10.4. The predicted octanol–water partition coefficient (Wildman–Crippen LogP) is 1.26. The molecule has 0 aliphatic rings. The second kappa shape index (κ2) is 2.11. The minimum atomic E-state index is -1.83. The Morgan fingerprint density at radius 2 is 2.00 bits per heavy atom. The molecule has 0 bridgehead atoms. The fraction of sp³-hybridized carbons (Fsp3) is 0.800. The van der Waals surface area contributed by atoms with Gasteiger partial charge in [0.2, 0.25) is 5.85 Å². The number of halogens is 1. The summed E-state index contributed by atoms with van der Waals surface area (Å²) >= 11 is 0. The molecule has 0 rings (SSSR count). The van der Waals surface area contributed by atoms with Gasteiger partial charge in [0, 0.05) is 20.8 Å². The zero-order valence-corrected chi connectivity index (χ0v) is 5.19. The number of carbonyl (C=O) groups excluding carboxylic acids is 1. The predicted molar refractivity (Wildman–Crippen MR) is 27.0 cm³/mol. The summed E-state index contributed by atoms with van der Waals surface area (Å²) in [4.78, 5) is 10.00. The molecule has 0 spiro atoms. The molecule has 0 aliphatic heterocycles. The molecule has 8 heavy (non-hydrogen) atoms. The van der Waals surface area contributed by atoms with Crippen LogP contribution in [0.25, 0.3) is 0 Å². The highest BCUT2D eigenvalue weighted by Gasteiger charge is 2.17. The molecular formula is C5H9FO2. The maximum Gasteiger partial charge on any atom is 0.305 e. The third-order valence-electron chi connectivity index (χ3n) is 0.386. The SMILES string of the molecule is CC(=O)OC(C)(C)F. The molecule has 0 aromatic carbocycles. The molecule has 0 atom stereocenters. The lowest BCUT2D eigenvalue weighted by Crippen LogP contribution is -2.19. The molecule has 0 unspecified atom stereocenters. The second-order valence-corrected chi connectivity index (χ2v) is 1.96. The molecule has 48 valence electrons. The first-order chi connectivity index (χ1) is 3.42. The van der Waals surface area contributed by atoms with Crippen molar-refractivity contribution in [3.05, 3.63) is 0 Å². The number of esters is 1. The third-order valence-corrected chi connectivity index (χ3v) is 0.386. The lowest BCUT2D eigenvalue weighted by Gasteiger charge is -2.12. The number of rotatable bonds is 1. The third kappa shape index (κ3) is 5.40. The fourth-order valence-electron chi connectivity index (χ4n) is 0.342. The first-order valence-corrected chi connectivity index (χ1v) is 2.30. The Morgan fingerprint density at radius 3 is 2.00 bits per heavy atom. The fourth-order valence-corrected chi connectivity index (χ4v) is 0.342. The van der Waals surface area contributed by atoms with Gasteiger partial charge in [0.25, 0.3) is 0 Å². The van der Waals surface area contributed by atoms with Gasteiger partial charge in [0.05, 0.1) is 0 Å². The first kappa shape index (κ1) is 7.40. The van der Waals surface area contributed by atoms with Crippen LogP contribution < -0.4 is 0 Å². The number of ether oxygens (including phenoxy) is 1. The van der Waals surface area contributed by atoms with Crippen molar-refractivity contribution in [1.82, 2.24) is 0 Å². The van der Waals surface area contributed by atoms with Crippen molar-refractivity contribution in [3.8, 4) is 0 Å². The van der Waals surface area contributed by atoms with E-state index in [9.17, 15) is 9.18 Å². The Kier molecular flexibility index (Phi) is 1.95. The van der Waals surface area contributed by atoms with Crippen molar-refractivity contribution < 1.29 is 13.9 Å². The topological polar surface area (TPSA) is 26.3 Å². The van der Waals surface area contributed by atoms with Crippen molar-refractivity contribution in [2.45, 2.75) is 26.6 Å². The van der Waals surface area contributed by atoms with Gasteiger partial charge in [-0.15, -0.1) is 0 Å². The monoisotopic (exact) mass is 120 g/mol. The second-order valence-electron chi connectivity index (χ2n) is 1.96. The minimum absolute atomic E-state index is 0.600. The molecule has 0 aromatic rings. The average Bonchev–Trinajstić information content (AvgIpc) is 1.21. The number of hydrogen-bond acceptors (Lipinski definition) is 2. The van der Waals surface area contributed by atoms with Gasteiger partial charge in [0.1, 0.15) is 0 Å². The van der Waals surface area contributed by atoms with E-state index in [1.165, 1.54) is 20.8 Å². The average molecular weight is 120 g/mol. The molecule has 0 saturated heterocycles. The molecule has 0 radical (unpaired) electrons. The van der Waals surface area contributed by atoms with Crippen LogP contribution in [0.3, 0.4) is 0 Å². The Balaban J connectivity index is 3.55. The summed E-state index contributed by atoms with van der Waals surface area (Å²) < 4.78 is 16.3. The van der Waals surface area contributed by atoms with Crippen molar-refractivity contribution in [1.29, 1.82) is 0 Å². The van der Waals surface area contributed by atoms with Gasteiger partial charge in [-0.2, -0.15) is 4.39 Å². The largest absolute Gasteiger partial charge is 0.429 e. The van der Waals surface area contributed by atoms with E-state index < -0.39 is 11.8 Å². The number of alkyl halides is 1. The highest BCUT2D eigenvalue weighted by Crippen LogP contribution is 2.08. The smallest absolute Gasteiger partial charge is 0.305 e. The summed E-state index contributed by atoms with van der Waals surface area (Å²) in [5, 5.41) is 0. The van der Waals surface area contributed by atoms with Crippen LogP contribution in [0.5, 0.6) is 0 Å². The summed E-state index contributed by atoms with van der Waals surface area (Å²) in [5.74, 6) is -2.43. The quantitative estimate of drug-likeness (QED) is 0.487. The van der Waals surface area contributed by atoms with E-state index in [2.05, 4.69) is 4.74 Å². The van der Waals surface area contributed by atoms with E-state index in [1.807, 2.05) is 0 Å². The van der Waals surface area contributed by atoms with Crippen molar-refractivity contribution in [3.63, 3.8) is 0 Å². The zero-order chi connectivity index (χ0) is 6.78. The normalized spacial score (nSPS) is 11.0. The van der Waals surface area contributed by atoms with Gasteiger partial charge < -0.3 is 4.74 Å². The standard InChI is InChI=1S/C5H9FO2/c1-4(7)8-5(2,3)6/h1-3H3. The molecule has 2 nitrogen and oxygen atoms in total.